The molecule has 0 radical (unpaired) electrons. The van der Waals surface area contributed by atoms with E-state index in [4.69, 9.17) is 4.74 Å². The molecule has 0 spiro atoms. The molecular formula is C18H29N5O2. The van der Waals surface area contributed by atoms with Crippen molar-refractivity contribution in [3.63, 3.8) is 0 Å². The minimum Gasteiger partial charge on any atom is -0.378 e. The van der Waals surface area contributed by atoms with Crippen LogP contribution in [0.15, 0.2) is 0 Å². The Kier molecular flexibility index (Phi) is 5.03. The maximum absolute atomic E-state index is 12.8. The molecule has 7 nitrogen and oxygen atoms in total. The summed E-state index contributed by atoms with van der Waals surface area (Å²) in [5.41, 5.74) is 0. The second-order valence-electron chi connectivity index (χ2n) is 7.65. The van der Waals surface area contributed by atoms with Gasteiger partial charge in [-0.05, 0) is 25.7 Å². The average Bonchev–Trinajstić information content (AvgIpc) is 3.23. The minimum absolute atomic E-state index is 0.0554. The predicted octanol–water partition coefficient (Wildman–Crippen LogP) is 1.34. The van der Waals surface area contributed by atoms with Gasteiger partial charge in [-0.1, -0.05) is 19.3 Å². The van der Waals surface area contributed by atoms with Crippen molar-refractivity contribution in [1.29, 1.82) is 0 Å². The number of carbonyl (C=O) groups excluding carboxylic acids is 1. The monoisotopic (exact) mass is 347 g/mol. The maximum atomic E-state index is 12.8. The summed E-state index contributed by atoms with van der Waals surface area (Å²) in [5.74, 6) is 2.50. The van der Waals surface area contributed by atoms with E-state index in [-0.39, 0.29) is 11.9 Å². The molecule has 2 saturated carbocycles. The third kappa shape index (κ3) is 3.44. The normalized spacial score (nSPS) is 25.9. The lowest BCUT2D eigenvalue weighted by atomic mass is 9.85. The zero-order chi connectivity index (χ0) is 17.2. The Morgan fingerprint density at radius 3 is 2.72 bits per heavy atom. The Morgan fingerprint density at radius 1 is 1.20 bits per heavy atom. The smallest absolute Gasteiger partial charge is 0.240 e. The van der Waals surface area contributed by atoms with Crippen LogP contribution in [0.25, 0.3) is 0 Å². The molecule has 138 valence electrons. The number of aromatic nitrogens is 3. The first-order valence-corrected chi connectivity index (χ1v) is 9.73. The van der Waals surface area contributed by atoms with E-state index < -0.39 is 0 Å². The summed E-state index contributed by atoms with van der Waals surface area (Å²) < 4.78 is 7.64. The molecule has 0 aromatic carbocycles. The molecule has 3 fully saturated rings. The lowest BCUT2D eigenvalue weighted by Crippen LogP contribution is -2.56. The third-order valence-corrected chi connectivity index (χ3v) is 6.16. The van der Waals surface area contributed by atoms with Gasteiger partial charge < -0.3 is 14.6 Å². The highest BCUT2D eigenvalue weighted by atomic mass is 16.5. The van der Waals surface area contributed by atoms with E-state index in [9.17, 15) is 4.79 Å². The van der Waals surface area contributed by atoms with Crippen molar-refractivity contribution in [1.82, 2.24) is 25.0 Å². The third-order valence-electron chi connectivity index (χ3n) is 6.16. The van der Waals surface area contributed by atoms with Gasteiger partial charge in [0.2, 0.25) is 5.91 Å². The van der Waals surface area contributed by atoms with Crippen molar-refractivity contribution in [2.75, 3.05) is 19.8 Å². The van der Waals surface area contributed by atoms with Gasteiger partial charge in [0, 0.05) is 25.6 Å². The van der Waals surface area contributed by atoms with Crippen LogP contribution in [0.1, 0.15) is 62.5 Å². The number of rotatable bonds is 5. The molecule has 2 aliphatic carbocycles. The second-order valence-corrected chi connectivity index (χ2v) is 7.65. The molecule has 1 saturated heterocycles. The topological polar surface area (TPSA) is 72.3 Å². The standard InChI is InChI=1S/C18H29N5O2/c1-22-16(20-21-17(22)13-5-4-6-13)11-19-18(24)15-12-25-10-9-23(15)14-7-2-3-8-14/h13-15H,2-12H2,1H3,(H,19,24). The fraction of sp³-hybridized carbons (Fsp3) is 0.833. The van der Waals surface area contributed by atoms with Crippen molar-refractivity contribution in [2.24, 2.45) is 7.05 Å². The van der Waals surface area contributed by atoms with Gasteiger partial charge in [-0.15, -0.1) is 10.2 Å². The molecule has 1 amide bonds. The van der Waals surface area contributed by atoms with E-state index >= 15 is 0 Å². The van der Waals surface area contributed by atoms with Crippen LogP contribution in [0, 0.1) is 0 Å². The van der Waals surface area contributed by atoms with Crippen LogP contribution >= 0.6 is 0 Å². The molecule has 1 atom stereocenters. The van der Waals surface area contributed by atoms with E-state index in [0.29, 0.717) is 25.1 Å². The quantitative estimate of drug-likeness (QED) is 0.870. The number of ether oxygens (including phenoxy) is 1. The summed E-state index contributed by atoms with van der Waals surface area (Å²) in [7, 11) is 2.00. The van der Waals surface area contributed by atoms with Gasteiger partial charge in [-0.25, -0.2) is 0 Å². The number of nitrogens with one attached hydrogen (secondary N) is 1. The van der Waals surface area contributed by atoms with Crippen molar-refractivity contribution in [2.45, 2.75) is 69.5 Å². The zero-order valence-corrected chi connectivity index (χ0v) is 15.1. The van der Waals surface area contributed by atoms with Crippen molar-refractivity contribution >= 4 is 5.91 Å². The van der Waals surface area contributed by atoms with E-state index in [1.807, 2.05) is 7.05 Å². The lowest BCUT2D eigenvalue weighted by molar-refractivity contribution is -0.134. The highest BCUT2D eigenvalue weighted by Crippen LogP contribution is 2.35. The number of carbonyl (C=O) groups is 1. The molecule has 25 heavy (non-hydrogen) atoms. The van der Waals surface area contributed by atoms with Crippen LogP contribution in [-0.2, 0) is 23.1 Å². The number of hydrogen-bond acceptors (Lipinski definition) is 5. The predicted molar refractivity (Wildman–Crippen MR) is 93.0 cm³/mol. The number of hydrogen-bond donors (Lipinski definition) is 1. The van der Waals surface area contributed by atoms with Crippen LogP contribution in [0.4, 0.5) is 0 Å². The van der Waals surface area contributed by atoms with Gasteiger partial charge in [0.1, 0.15) is 11.9 Å². The first-order valence-electron chi connectivity index (χ1n) is 9.73. The van der Waals surface area contributed by atoms with Crippen molar-refractivity contribution < 1.29 is 9.53 Å². The summed E-state index contributed by atoms with van der Waals surface area (Å²) in [6.45, 7) is 2.52. The lowest BCUT2D eigenvalue weighted by Gasteiger charge is -2.38. The summed E-state index contributed by atoms with van der Waals surface area (Å²) in [5, 5.41) is 11.7. The Bertz CT molecular complexity index is 607. The largest absolute Gasteiger partial charge is 0.378 e. The molecule has 7 heteroatoms. The Balaban J connectivity index is 1.36. The Morgan fingerprint density at radius 2 is 2.00 bits per heavy atom. The van der Waals surface area contributed by atoms with E-state index in [1.54, 1.807) is 0 Å². The highest BCUT2D eigenvalue weighted by Gasteiger charge is 2.35. The molecular weight excluding hydrogens is 318 g/mol. The van der Waals surface area contributed by atoms with Gasteiger partial charge in [0.05, 0.1) is 19.8 Å². The number of morpholine rings is 1. The average molecular weight is 347 g/mol. The molecule has 0 bridgehead atoms. The van der Waals surface area contributed by atoms with Gasteiger partial charge in [-0.2, -0.15) is 0 Å². The second kappa shape index (κ2) is 7.41. The highest BCUT2D eigenvalue weighted by molar-refractivity contribution is 5.82. The van der Waals surface area contributed by atoms with E-state index in [0.717, 1.165) is 24.8 Å². The molecule has 4 rings (SSSR count). The molecule has 1 aliphatic heterocycles. The number of amides is 1. The van der Waals surface area contributed by atoms with Crippen LogP contribution in [0.3, 0.4) is 0 Å². The fourth-order valence-corrected chi connectivity index (χ4v) is 4.35. The Hall–Kier alpha value is -1.47. The van der Waals surface area contributed by atoms with Gasteiger partial charge in [0.15, 0.2) is 5.82 Å². The van der Waals surface area contributed by atoms with Gasteiger partial charge in [0.25, 0.3) is 0 Å². The first-order chi connectivity index (χ1) is 12.2. The fourth-order valence-electron chi connectivity index (χ4n) is 4.35. The van der Waals surface area contributed by atoms with Gasteiger partial charge in [-0.3, -0.25) is 9.69 Å². The zero-order valence-electron chi connectivity index (χ0n) is 15.1. The summed E-state index contributed by atoms with van der Waals surface area (Å²) in [6, 6.07) is 0.371. The molecule has 2 heterocycles. The minimum atomic E-state index is -0.170. The molecule has 3 aliphatic rings. The molecule has 1 N–H and O–H groups in total. The maximum Gasteiger partial charge on any atom is 0.240 e. The van der Waals surface area contributed by atoms with Crippen molar-refractivity contribution in [3.8, 4) is 0 Å². The number of nitrogens with zero attached hydrogens (tertiary/aromatic N) is 4. The SMILES string of the molecule is Cn1c(CNC(=O)C2COCCN2C2CCCC2)nnc1C1CCC1. The van der Waals surface area contributed by atoms with Gasteiger partial charge >= 0.3 is 0 Å². The van der Waals surface area contributed by atoms with E-state index in [1.165, 1.54) is 44.9 Å². The van der Waals surface area contributed by atoms with Crippen LogP contribution < -0.4 is 5.32 Å². The first kappa shape index (κ1) is 17.0. The Labute approximate surface area is 149 Å². The molecule has 1 aromatic heterocycles. The molecule has 1 unspecified atom stereocenters. The van der Waals surface area contributed by atoms with Crippen LogP contribution in [0.5, 0.6) is 0 Å². The summed E-state index contributed by atoms with van der Waals surface area (Å²) in [6.07, 6.45) is 8.65. The van der Waals surface area contributed by atoms with E-state index in [2.05, 4.69) is 25.0 Å². The summed E-state index contributed by atoms with van der Waals surface area (Å²) in [4.78, 5) is 15.1. The molecule has 1 aromatic rings. The van der Waals surface area contributed by atoms with Crippen LogP contribution in [0.2, 0.25) is 0 Å². The van der Waals surface area contributed by atoms with Crippen LogP contribution in [-0.4, -0.2) is 57.4 Å². The van der Waals surface area contributed by atoms with Crippen molar-refractivity contribution in [3.05, 3.63) is 11.6 Å². The summed E-state index contributed by atoms with van der Waals surface area (Å²) >= 11 is 0.